The van der Waals surface area contributed by atoms with Gasteiger partial charge in [0.15, 0.2) is 0 Å². The van der Waals surface area contributed by atoms with Crippen LogP contribution in [0.15, 0.2) is 42.5 Å². The van der Waals surface area contributed by atoms with Gasteiger partial charge in [0.1, 0.15) is 17.2 Å². The minimum Gasteiger partial charge on any atom is -0.322 e. The van der Waals surface area contributed by atoms with Gasteiger partial charge in [0.2, 0.25) is 5.91 Å². The second-order valence-corrected chi connectivity index (χ2v) is 5.25. The highest BCUT2D eigenvalue weighted by molar-refractivity contribution is 6.04. The first-order chi connectivity index (χ1) is 11.1. The molecule has 1 heterocycles. The van der Waals surface area contributed by atoms with Crippen molar-refractivity contribution in [1.82, 2.24) is 0 Å². The van der Waals surface area contributed by atoms with E-state index in [2.05, 4.69) is 5.32 Å². The molecule has 3 rings (SSSR count). The van der Waals surface area contributed by atoms with E-state index in [4.69, 9.17) is 0 Å². The molecule has 0 bridgehead atoms. The van der Waals surface area contributed by atoms with Crippen molar-refractivity contribution in [2.75, 3.05) is 16.8 Å². The van der Waals surface area contributed by atoms with E-state index in [1.54, 1.807) is 29.2 Å². The lowest BCUT2D eigenvalue weighted by Gasteiger charge is -2.16. The van der Waals surface area contributed by atoms with Crippen LogP contribution in [0, 0.1) is 11.6 Å². The molecular weight excluding hydrogens is 302 g/mol. The Morgan fingerprint density at radius 3 is 2.26 bits per heavy atom. The van der Waals surface area contributed by atoms with Crippen molar-refractivity contribution < 1.29 is 18.4 Å². The first-order valence-electron chi connectivity index (χ1n) is 7.22. The van der Waals surface area contributed by atoms with Crippen LogP contribution in [0.3, 0.4) is 0 Å². The molecule has 1 fully saturated rings. The third-order valence-corrected chi connectivity index (χ3v) is 3.70. The molecule has 0 unspecified atom stereocenters. The minimum absolute atomic E-state index is 0.0650. The highest BCUT2D eigenvalue weighted by Gasteiger charge is 2.22. The van der Waals surface area contributed by atoms with Crippen LogP contribution in [-0.4, -0.2) is 18.4 Å². The number of anilines is 2. The quantitative estimate of drug-likeness (QED) is 0.944. The zero-order valence-electron chi connectivity index (χ0n) is 12.2. The highest BCUT2D eigenvalue weighted by Crippen LogP contribution is 2.23. The zero-order chi connectivity index (χ0) is 16.4. The molecule has 6 heteroatoms. The lowest BCUT2D eigenvalue weighted by Crippen LogP contribution is -2.23. The monoisotopic (exact) mass is 316 g/mol. The molecule has 1 aliphatic rings. The molecule has 4 nitrogen and oxygen atoms in total. The molecule has 2 aromatic carbocycles. The second-order valence-electron chi connectivity index (χ2n) is 5.25. The number of carbonyl (C=O) groups is 2. The number of amides is 2. The van der Waals surface area contributed by atoms with E-state index in [0.717, 1.165) is 24.2 Å². The summed E-state index contributed by atoms with van der Waals surface area (Å²) in [4.78, 5) is 25.3. The highest BCUT2D eigenvalue weighted by atomic mass is 19.1. The maximum Gasteiger partial charge on any atom is 0.261 e. The fourth-order valence-corrected chi connectivity index (χ4v) is 2.55. The third-order valence-electron chi connectivity index (χ3n) is 3.70. The van der Waals surface area contributed by atoms with Gasteiger partial charge in [0.05, 0.1) is 0 Å². The number of hydrogen-bond acceptors (Lipinski definition) is 2. The van der Waals surface area contributed by atoms with E-state index >= 15 is 0 Å². The van der Waals surface area contributed by atoms with Crippen LogP contribution in [0.25, 0.3) is 0 Å². The van der Waals surface area contributed by atoms with Crippen molar-refractivity contribution in [2.45, 2.75) is 12.8 Å². The van der Waals surface area contributed by atoms with Crippen LogP contribution in [0.2, 0.25) is 0 Å². The molecule has 2 amide bonds. The standard InChI is InChI=1S/C17H14F2N2O2/c18-13-3-1-4-14(19)16(13)17(23)20-11-6-8-12(9-7-11)21-10-2-5-15(21)22/h1,3-4,6-9H,2,5,10H2,(H,20,23). The van der Waals surface area contributed by atoms with Gasteiger partial charge < -0.3 is 10.2 Å². The number of rotatable bonds is 3. The predicted octanol–water partition coefficient (Wildman–Crippen LogP) is 3.34. The van der Waals surface area contributed by atoms with Crippen molar-refractivity contribution in [3.05, 3.63) is 59.7 Å². The molecular formula is C17H14F2N2O2. The molecule has 1 aliphatic heterocycles. The Hall–Kier alpha value is -2.76. The summed E-state index contributed by atoms with van der Waals surface area (Å²) in [5, 5.41) is 2.45. The second kappa shape index (κ2) is 6.16. The fraction of sp³-hybridized carbons (Fsp3) is 0.176. The van der Waals surface area contributed by atoms with E-state index in [-0.39, 0.29) is 5.91 Å². The van der Waals surface area contributed by atoms with Crippen molar-refractivity contribution in [3.63, 3.8) is 0 Å². The Bertz CT molecular complexity index is 739. The maximum atomic E-state index is 13.6. The average molecular weight is 316 g/mol. The van der Waals surface area contributed by atoms with Gasteiger partial charge >= 0.3 is 0 Å². The van der Waals surface area contributed by atoms with E-state index in [1.807, 2.05) is 0 Å². The van der Waals surface area contributed by atoms with E-state index < -0.39 is 23.1 Å². The summed E-state index contributed by atoms with van der Waals surface area (Å²) in [6.07, 6.45) is 1.36. The van der Waals surface area contributed by atoms with Gasteiger partial charge in [-0.3, -0.25) is 9.59 Å². The molecule has 1 saturated heterocycles. The van der Waals surface area contributed by atoms with Crippen molar-refractivity contribution in [2.24, 2.45) is 0 Å². The number of nitrogens with one attached hydrogen (secondary N) is 1. The van der Waals surface area contributed by atoms with Crippen LogP contribution < -0.4 is 10.2 Å². The number of carbonyl (C=O) groups excluding carboxylic acids is 2. The first kappa shape index (κ1) is 15.1. The largest absolute Gasteiger partial charge is 0.322 e. The maximum absolute atomic E-state index is 13.6. The number of hydrogen-bond donors (Lipinski definition) is 1. The number of benzene rings is 2. The summed E-state index contributed by atoms with van der Waals surface area (Å²) in [6.45, 7) is 0.672. The molecule has 0 aliphatic carbocycles. The summed E-state index contributed by atoms with van der Waals surface area (Å²) in [5.41, 5.74) is 0.516. The molecule has 23 heavy (non-hydrogen) atoms. The van der Waals surface area contributed by atoms with Crippen LogP contribution in [0.4, 0.5) is 20.2 Å². The average Bonchev–Trinajstić information content (AvgIpc) is 2.94. The Labute approximate surface area is 131 Å². The molecule has 1 N–H and O–H groups in total. The fourth-order valence-electron chi connectivity index (χ4n) is 2.55. The lowest BCUT2D eigenvalue weighted by atomic mass is 10.1. The van der Waals surface area contributed by atoms with Crippen LogP contribution in [0.5, 0.6) is 0 Å². The van der Waals surface area contributed by atoms with Crippen molar-refractivity contribution in [1.29, 1.82) is 0 Å². The summed E-state index contributed by atoms with van der Waals surface area (Å²) < 4.78 is 27.1. The molecule has 0 aromatic heterocycles. The van der Waals surface area contributed by atoms with E-state index in [0.29, 0.717) is 18.7 Å². The first-order valence-corrected chi connectivity index (χ1v) is 7.22. The lowest BCUT2D eigenvalue weighted by molar-refractivity contribution is -0.117. The number of nitrogens with zero attached hydrogens (tertiary/aromatic N) is 1. The van der Waals surface area contributed by atoms with Crippen LogP contribution >= 0.6 is 0 Å². The Kier molecular flexibility index (Phi) is 4.06. The molecule has 0 radical (unpaired) electrons. The third kappa shape index (κ3) is 3.06. The summed E-state index contributed by atoms with van der Waals surface area (Å²) >= 11 is 0. The van der Waals surface area contributed by atoms with Crippen LogP contribution in [0.1, 0.15) is 23.2 Å². The molecule has 0 spiro atoms. The van der Waals surface area contributed by atoms with E-state index in [9.17, 15) is 18.4 Å². The van der Waals surface area contributed by atoms with Gasteiger partial charge in [0, 0.05) is 24.3 Å². The zero-order valence-corrected chi connectivity index (χ0v) is 12.2. The normalized spacial score (nSPS) is 14.2. The van der Waals surface area contributed by atoms with Crippen molar-refractivity contribution >= 4 is 23.2 Å². The van der Waals surface area contributed by atoms with Crippen molar-refractivity contribution in [3.8, 4) is 0 Å². The number of halogens is 2. The summed E-state index contributed by atoms with van der Waals surface area (Å²) in [5.74, 6) is -2.62. The predicted molar refractivity (Wildman–Crippen MR) is 82.3 cm³/mol. The summed E-state index contributed by atoms with van der Waals surface area (Å²) in [7, 11) is 0. The van der Waals surface area contributed by atoms with Gasteiger partial charge in [-0.25, -0.2) is 8.78 Å². The Morgan fingerprint density at radius 2 is 1.70 bits per heavy atom. The van der Waals surface area contributed by atoms with E-state index in [1.165, 1.54) is 6.07 Å². The van der Waals surface area contributed by atoms with Gasteiger partial charge in [-0.05, 0) is 42.8 Å². The molecule has 0 saturated carbocycles. The Balaban J connectivity index is 1.76. The smallest absolute Gasteiger partial charge is 0.261 e. The molecule has 118 valence electrons. The SMILES string of the molecule is O=C(Nc1ccc(N2CCCC2=O)cc1)c1c(F)cccc1F. The van der Waals surface area contributed by atoms with Gasteiger partial charge in [-0.2, -0.15) is 0 Å². The topological polar surface area (TPSA) is 49.4 Å². The minimum atomic E-state index is -0.915. The Morgan fingerprint density at radius 1 is 1.04 bits per heavy atom. The van der Waals surface area contributed by atoms with Gasteiger partial charge in [0.25, 0.3) is 5.91 Å². The summed E-state index contributed by atoms with van der Waals surface area (Å²) in [6, 6.07) is 9.83. The molecule has 2 aromatic rings. The van der Waals surface area contributed by atoms with Gasteiger partial charge in [-0.15, -0.1) is 0 Å². The van der Waals surface area contributed by atoms with Gasteiger partial charge in [-0.1, -0.05) is 6.07 Å². The molecule has 0 atom stereocenters. The van der Waals surface area contributed by atoms with Crippen LogP contribution in [-0.2, 0) is 4.79 Å².